The summed E-state index contributed by atoms with van der Waals surface area (Å²) in [7, 11) is 0. The Kier molecular flexibility index (Phi) is 7.37. The summed E-state index contributed by atoms with van der Waals surface area (Å²) in [6, 6.07) is 5.05. The van der Waals surface area contributed by atoms with Crippen LogP contribution in [0.2, 0.25) is 0 Å². The average Bonchev–Trinajstić information content (AvgIpc) is 2.46. The van der Waals surface area contributed by atoms with Crippen LogP contribution in [-0.4, -0.2) is 25.0 Å². The van der Waals surface area contributed by atoms with Gasteiger partial charge >= 0.3 is 6.18 Å². The molecule has 0 fully saturated rings. The van der Waals surface area contributed by atoms with E-state index in [4.69, 9.17) is 11.1 Å². The van der Waals surface area contributed by atoms with Crippen LogP contribution in [0.1, 0.15) is 30.9 Å². The normalized spacial score (nSPS) is 12.1. The van der Waals surface area contributed by atoms with Crippen LogP contribution in [0.5, 0.6) is 0 Å². The van der Waals surface area contributed by atoms with Crippen LogP contribution >= 0.6 is 0 Å². The highest BCUT2D eigenvalue weighted by Crippen LogP contribution is 2.29. The molecule has 0 heterocycles. The molecule has 0 bridgehead atoms. The van der Waals surface area contributed by atoms with Crippen molar-refractivity contribution in [3.63, 3.8) is 0 Å². The minimum absolute atomic E-state index is 0.220. The Balaban J connectivity index is 2.52. The predicted molar refractivity (Wildman–Crippen MR) is 85.4 cm³/mol. The van der Waals surface area contributed by atoms with Crippen molar-refractivity contribution in [2.24, 2.45) is 10.7 Å². The molecule has 0 unspecified atom stereocenters. The maximum absolute atomic E-state index is 12.5. The van der Waals surface area contributed by atoms with Gasteiger partial charge in [-0.05, 0) is 30.5 Å². The Morgan fingerprint density at radius 2 is 1.91 bits per heavy atom. The van der Waals surface area contributed by atoms with Gasteiger partial charge in [-0.15, -0.1) is 0 Å². The number of halogens is 3. The van der Waals surface area contributed by atoms with Crippen LogP contribution in [0.3, 0.4) is 0 Å². The number of hydrogen-bond acceptors (Lipinski definition) is 2. The zero-order valence-electron chi connectivity index (χ0n) is 13.0. The largest absolute Gasteiger partial charge is 0.416 e. The molecule has 0 aliphatic carbocycles. The zero-order valence-corrected chi connectivity index (χ0v) is 13.0. The fourth-order valence-electron chi connectivity index (χ4n) is 1.80. The number of benzene rings is 1. The number of nitrogens with one attached hydrogen (secondary N) is 3. The fraction of sp³-hybridized carbons (Fsp3) is 0.467. The van der Waals surface area contributed by atoms with E-state index in [9.17, 15) is 13.2 Å². The Bertz CT molecular complexity index is 523. The van der Waals surface area contributed by atoms with Crippen LogP contribution in [0.15, 0.2) is 29.3 Å². The van der Waals surface area contributed by atoms with Gasteiger partial charge in [0.2, 0.25) is 0 Å². The lowest BCUT2D eigenvalue weighted by atomic mass is 10.1. The van der Waals surface area contributed by atoms with Gasteiger partial charge in [-0.2, -0.15) is 13.2 Å². The molecule has 128 valence electrons. The summed E-state index contributed by atoms with van der Waals surface area (Å²) in [6.45, 7) is 3.13. The molecule has 0 spiro atoms. The summed E-state index contributed by atoms with van der Waals surface area (Å²) in [5.74, 6) is 0.181. The van der Waals surface area contributed by atoms with Crippen LogP contribution < -0.4 is 16.4 Å². The van der Waals surface area contributed by atoms with Gasteiger partial charge in [-0.3, -0.25) is 15.7 Å². The lowest BCUT2D eigenvalue weighted by Gasteiger charge is -2.12. The Morgan fingerprint density at radius 3 is 2.43 bits per heavy atom. The number of nitrogens with zero attached hydrogens (tertiary/aromatic N) is 1. The summed E-state index contributed by atoms with van der Waals surface area (Å²) < 4.78 is 37.4. The molecule has 0 saturated carbocycles. The van der Waals surface area contributed by atoms with Gasteiger partial charge in [0.1, 0.15) is 0 Å². The molecule has 0 saturated heterocycles. The third-order valence-electron chi connectivity index (χ3n) is 3.02. The van der Waals surface area contributed by atoms with Gasteiger partial charge in [0.15, 0.2) is 11.9 Å². The second kappa shape index (κ2) is 9.02. The number of nitrogens with two attached hydrogens (primary N) is 1. The van der Waals surface area contributed by atoms with Crippen molar-refractivity contribution in [1.82, 2.24) is 10.6 Å². The average molecular weight is 329 g/mol. The van der Waals surface area contributed by atoms with Crippen molar-refractivity contribution in [2.75, 3.05) is 13.1 Å². The third kappa shape index (κ3) is 7.53. The summed E-state index contributed by atoms with van der Waals surface area (Å²) in [5, 5.41) is 12.8. The first-order valence-corrected chi connectivity index (χ1v) is 7.38. The monoisotopic (exact) mass is 329 g/mol. The molecule has 8 heteroatoms. The van der Waals surface area contributed by atoms with E-state index in [1.807, 2.05) is 6.92 Å². The first-order valence-electron chi connectivity index (χ1n) is 7.38. The van der Waals surface area contributed by atoms with Crippen LogP contribution in [-0.2, 0) is 12.6 Å². The second-order valence-electron chi connectivity index (χ2n) is 4.99. The third-order valence-corrected chi connectivity index (χ3v) is 3.02. The van der Waals surface area contributed by atoms with Crippen LogP contribution in [0.25, 0.3) is 0 Å². The maximum Gasteiger partial charge on any atom is 0.416 e. The van der Waals surface area contributed by atoms with E-state index in [0.29, 0.717) is 25.5 Å². The quantitative estimate of drug-likeness (QED) is 0.367. The van der Waals surface area contributed by atoms with E-state index < -0.39 is 11.7 Å². The van der Waals surface area contributed by atoms with Gasteiger partial charge in [-0.25, -0.2) is 0 Å². The van der Waals surface area contributed by atoms with Crippen molar-refractivity contribution in [1.29, 1.82) is 5.41 Å². The van der Waals surface area contributed by atoms with E-state index in [2.05, 4.69) is 15.6 Å². The Hall–Kier alpha value is -2.25. The van der Waals surface area contributed by atoms with E-state index >= 15 is 0 Å². The van der Waals surface area contributed by atoms with Crippen molar-refractivity contribution in [2.45, 2.75) is 32.4 Å². The molecule has 0 atom stereocenters. The lowest BCUT2D eigenvalue weighted by molar-refractivity contribution is -0.137. The van der Waals surface area contributed by atoms with Gasteiger partial charge < -0.3 is 11.1 Å². The van der Waals surface area contributed by atoms with Gasteiger partial charge in [0.05, 0.1) is 5.56 Å². The van der Waals surface area contributed by atoms with Crippen LogP contribution in [0.4, 0.5) is 13.2 Å². The summed E-state index contributed by atoms with van der Waals surface area (Å²) in [4.78, 5) is 4.26. The number of aliphatic imine (C=N–C) groups is 1. The fourth-order valence-corrected chi connectivity index (χ4v) is 1.80. The molecular weight excluding hydrogens is 307 g/mol. The number of unbranched alkanes of at least 4 members (excludes halogenated alkanes) is 1. The lowest BCUT2D eigenvalue weighted by Crippen LogP contribution is -2.44. The first-order chi connectivity index (χ1) is 10.8. The summed E-state index contributed by atoms with van der Waals surface area (Å²) >= 11 is 0. The van der Waals surface area contributed by atoms with E-state index in [-0.39, 0.29) is 5.96 Å². The minimum Gasteiger partial charge on any atom is -0.370 e. The van der Waals surface area contributed by atoms with E-state index in [1.54, 1.807) is 0 Å². The SMILES string of the molecule is CCCC/N=C(\NCCc1ccc(C(F)(F)F)cc1)NC(=N)N. The zero-order chi connectivity index (χ0) is 17.3. The molecule has 1 rings (SSSR count). The Labute approximate surface area is 133 Å². The topological polar surface area (TPSA) is 86.3 Å². The standard InChI is InChI=1S/C15H22F3N5/c1-2-3-9-21-14(23-13(19)20)22-10-8-11-4-6-12(7-5-11)15(16,17)18/h4-7H,2-3,8-10H2,1H3,(H5,19,20,21,22,23). The molecule has 5 nitrogen and oxygen atoms in total. The highest BCUT2D eigenvalue weighted by Gasteiger charge is 2.29. The molecule has 23 heavy (non-hydrogen) atoms. The highest BCUT2D eigenvalue weighted by molar-refractivity contribution is 5.96. The maximum atomic E-state index is 12.5. The van der Waals surface area contributed by atoms with Crippen molar-refractivity contribution < 1.29 is 13.2 Å². The molecule has 5 N–H and O–H groups in total. The predicted octanol–water partition coefficient (Wildman–Crippen LogP) is 2.48. The Morgan fingerprint density at radius 1 is 1.26 bits per heavy atom. The molecule has 0 amide bonds. The van der Waals surface area contributed by atoms with Gasteiger partial charge in [0, 0.05) is 13.1 Å². The molecule has 1 aromatic carbocycles. The number of guanidine groups is 2. The van der Waals surface area contributed by atoms with Crippen LogP contribution in [0, 0.1) is 5.41 Å². The smallest absolute Gasteiger partial charge is 0.370 e. The highest BCUT2D eigenvalue weighted by atomic mass is 19.4. The molecule has 1 aromatic rings. The minimum atomic E-state index is -4.32. The van der Waals surface area contributed by atoms with Gasteiger partial charge in [-0.1, -0.05) is 25.5 Å². The van der Waals surface area contributed by atoms with Crippen molar-refractivity contribution in [3.05, 3.63) is 35.4 Å². The number of alkyl halides is 3. The molecule has 0 aliphatic rings. The van der Waals surface area contributed by atoms with Gasteiger partial charge in [0.25, 0.3) is 0 Å². The van der Waals surface area contributed by atoms with E-state index in [1.165, 1.54) is 12.1 Å². The summed E-state index contributed by atoms with van der Waals surface area (Å²) in [5.41, 5.74) is 5.40. The molecule has 0 aliphatic heterocycles. The van der Waals surface area contributed by atoms with E-state index in [0.717, 1.165) is 30.5 Å². The first kappa shape index (κ1) is 18.8. The van der Waals surface area contributed by atoms with Crippen molar-refractivity contribution in [3.8, 4) is 0 Å². The molecule has 0 radical (unpaired) electrons. The number of rotatable bonds is 6. The molecular formula is C15H22F3N5. The summed E-state index contributed by atoms with van der Waals surface area (Å²) in [6.07, 6.45) is -1.86. The molecule has 0 aromatic heterocycles. The second-order valence-corrected chi connectivity index (χ2v) is 4.99. The number of hydrogen-bond donors (Lipinski definition) is 4. The van der Waals surface area contributed by atoms with Crippen molar-refractivity contribution >= 4 is 11.9 Å².